The Morgan fingerprint density at radius 3 is 0.500 bits per heavy atom. The lowest BCUT2D eigenvalue weighted by molar-refractivity contribution is -0.483. The summed E-state index contributed by atoms with van der Waals surface area (Å²) in [6, 6.07) is 16.4. The Balaban J connectivity index is 0.000000238. The molecule has 0 spiro atoms. The molecule has 6 rings (SSSR count). The summed E-state index contributed by atoms with van der Waals surface area (Å²) in [5, 5.41) is 0. The number of hydrogen-bond acceptors (Lipinski definition) is 8. The Morgan fingerprint density at radius 1 is 0.250 bits per heavy atom. The average Bonchev–Trinajstić information content (AvgIpc) is 3.71. The van der Waals surface area contributed by atoms with Crippen LogP contribution < -0.4 is 0 Å². The van der Waals surface area contributed by atoms with E-state index in [1.807, 2.05) is 55.4 Å². The zero-order chi connectivity index (χ0) is 35.9. The van der Waals surface area contributed by atoms with Crippen LogP contribution in [0.2, 0.25) is 0 Å². The van der Waals surface area contributed by atoms with Crippen LogP contribution in [0, 0.1) is 0 Å². The van der Waals surface area contributed by atoms with Crippen LogP contribution in [0.3, 0.4) is 0 Å². The highest BCUT2D eigenvalue weighted by Crippen LogP contribution is 2.45. The highest BCUT2D eigenvalue weighted by atomic mass is 16.9. The summed E-state index contributed by atoms with van der Waals surface area (Å²) in [5.41, 5.74) is -1.70. The lowest BCUT2D eigenvalue weighted by Gasteiger charge is -2.48. The summed E-state index contributed by atoms with van der Waals surface area (Å²) in [7, 11) is 0. The standard InChI is InChI=1S/C28H32O4.C12H24O4/c1-25(2)17-9-11-19(29-17)26(3,4)21-13-15-23(31-21)28(7,8)24-16-14-22(32-24)27(5,6)20-12-10-18(25)30-20;1-9(2)13-10(3,4)15-12(7,8)16-11(5,6)14-9/h9-16H,1-8H3;1-8H3. The maximum atomic E-state index is 6.44. The Labute approximate surface area is 286 Å². The second-order valence-corrected chi connectivity index (χ2v) is 17.2. The highest BCUT2D eigenvalue weighted by molar-refractivity contribution is 5.37. The van der Waals surface area contributed by atoms with Crippen molar-refractivity contribution in [3.05, 3.63) is 94.6 Å². The molecule has 0 aromatic carbocycles. The van der Waals surface area contributed by atoms with E-state index in [1.165, 1.54) is 0 Å². The molecule has 0 unspecified atom stereocenters. The molecule has 0 saturated carbocycles. The van der Waals surface area contributed by atoms with Crippen molar-refractivity contribution in [2.45, 2.75) is 156 Å². The molecule has 2 aliphatic rings. The van der Waals surface area contributed by atoms with Gasteiger partial charge in [0.25, 0.3) is 0 Å². The fourth-order valence-corrected chi connectivity index (χ4v) is 6.98. The third-order valence-corrected chi connectivity index (χ3v) is 9.32. The summed E-state index contributed by atoms with van der Waals surface area (Å²) in [4.78, 5) is 0. The van der Waals surface area contributed by atoms with Crippen LogP contribution in [0.5, 0.6) is 0 Å². The predicted octanol–water partition coefficient (Wildman–Crippen LogP) is 10.7. The number of hydrogen-bond donors (Lipinski definition) is 0. The lowest BCUT2D eigenvalue weighted by atomic mass is 9.87. The summed E-state index contributed by atoms with van der Waals surface area (Å²) in [6.07, 6.45) is 0. The SMILES string of the molecule is CC1(C)OC(C)(C)OC(C)(C)OC(C)(C)O1.CC1(C)c2ccc(o2)C(C)(C)c2ccc(o2)C(C)(C)c2ccc(o2)C(C)(C)c2ccc1o2. The van der Waals surface area contributed by atoms with Crippen LogP contribution in [-0.2, 0) is 40.6 Å². The first-order chi connectivity index (χ1) is 21.7. The summed E-state index contributed by atoms with van der Waals surface area (Å²) in [5.74, 6) is 3.84. The van der Waals surface area contributed by atoms with Gasteiger partial charge in [0.15, 0.2) is 23.1 Å². The number of furan rings is 4. The fourth-order valence-electron chi connectivity index (χ4n) is 6.98. The van der Waals surface area contributed by atoms with E-state index in [4.69, 9.17) is 36.6 Å². The lowest BCUT2D eigenvalue weighted by Crippen LogP contribution is -2.55. The molecule has 0 radical (unpaired) electrons. The number of ether oxygens (including phenoxy) is 4. The smallest absolute Gasteiger partial charge is 0.169 e. The van der Waals surface area contributed by atoms with E-state index in [2.05, 4.69) is 104 Å². The van der Waals surface area contributed by atoms with Gasteiger partial charge in [-0.3, -0.25) is 0 Å². The van der Waals surface area contributed by atoms with Gasteiger partial charge in [-0.05, 0) is 159 Å². The van der Waals surface area contributed by atoms with Crippen molar-refractivity contribution in [2.75, 3.05) is 0 Å². The van der Waals surface area contributed by atoms with Gasteiger partial charge in [0.1, 0.15) is 46.1 Å². The minimum Gasteiger partial charge on any atom is -0.464 e. The van der Waals surface area contributed by atoms with Crippen LogP contribution in [0.25, 0.3) is 0 Å². The molecule has 1 saturated heterocycles. The van der Waals surface area contributed by atoms with Crippen LogP contribution in [0.1, 0.15) is 157 Å². The third-order valence-electron chi connectivity index (χ3n) is 9.32. The predicted molar refractivity (Wildman–Crippen MR) is 184 cm³/mol. The molecular formula is C40H56O8. The molecule has 1 fully saturated rings. The quantitative estimate of drug-likeness (QED) is 0.183. The van der Waals surface area contributed by atoms with Gasteiger partial charge >= 0.3 is 0 Å². The fraction of sp³-hybridized carbons (Fsp3) is 0.600. The van der Waals surface area contributed by atoms with Gasteiger partial charge in [-0.1, -0.05) is 0 Å². The van der Waals surface area contributed by atoms with Crippen molar-refractivity contribution in [1.29, 1.82) is 0 Å². The van der Waals surface area contributed by atoms with E-state index in [0.29, 0.717) is 0 Å². The largest absolute Gasteiger partial charge is 0.464 e. The van der Waals surface area contributed by atoms with E-state index in [1.54, 1.807) is 0 Å². The van der Waals surface area contributed by atoms with Crippen LogP contribution >= 0.6 is 0 Å². The monoisotopic (exact) mass is 664 g/mol. The average molecular weight is 665 g/mol. The first-order valence-corrected chi connectivity index (χ1v) is 16.9. The Hall–Kier alpha value is -3.04. The summed E-state index contributed by atoms with van der Waals surface area (Å²) < 4.78 is 49.0. The van der Waals surface area contributed by atoms with E-state index >= 15 is 0 Å². The minimum atomic E-state index is -0.760. The van der Waals surface area contributed by atoms with Crippen molar-refractivity contribution >= 4 is 0 Å². The Bertz CT molecular complexity index is 1390. The first-order valence-electron chi connectivity index (χ1n) is 16.9. The second kappa shape index (κ2) is 11.2. The number of fused-ring (bicyclic) bond motifs is 8. The molecule has 8 nitrogen and oxygen atoms in total. The Kier molecular flexibility index (Phi) is 8.49. The van der Waals surface area contributed by atoms with Crippen molar-refractivity contribution < 1.29 is 36.6 Å². The van der Waals surface area contributed by atoms with Gasteiger partial charge in [0, 0.05) is 0 Å². The molecule has 0 amide bonds. The summed E-state index contributed by atoms with van der Waals surface area (Å²) >= 11 is 0. The molecule has 8 bridgehead atoms. The van der Waals surface area contributed by atoms with E-state index in [-0.39, 0.29) is 0 Å². The molecule has 48 heavy (non-hydrogen) atoms. The van der Waals surface area contributed by atoms with Gasteiger partial charge in [-0.25, -0.2) is 0 Å². The van der Waals surface area contributed by atoms with Gasteiger partial charge in [-0.2, -0.15) is 0 Å². The van der Waals surface area contributed by atoms with Crippen molar-refractivity contribution in [3.8, 4) is 0 Å². The van der Waals surface area contributed by atoms with Gasteiger partial charge in [0.2, 0.25) is 0 Å². The van der Waals surface area contributed by atoms with Crippen molar-refractivity contribution in [1.82, 2.24) is 0 Å². The third kappa shape index (κ3) is 6.87. The topological polar surface area (TPSA) is 89.5 Å². The maximum Gasteiger partial charge on any atom is 0.169 e. The molecule has 4 aromatic heterocycles. The summed E-state index contributed by atoms with van der Waals surface area (Å²) in [6.45, 7) is 31.8. The van der Waals surface area contributed by atoms with Gasteiger partial charge in [0.05, 0.1) is 21.7 Å². The normalized spacial score (nSPS) is 24.0. The van der Waals surface area contributed by atoms with Crippen LogP contribution in [0.15, 0.2) is 66.2 Å². The molecule has 0 atom stereocenters. The molecule has 0 N–H and O–H groups in total. The van der Waals surface area contributed by atoms with E-state index in [9.17, 15) is 0 Å². The molecule has 2 aliphatic heterocycles. The minimum absolute atomic E-state index is 0.426. The first kappa shape index (κ1) is 36.2. The zero-order valence-electron chi connectivity index (χ0n) is 31.9. The Morgan fingerprint density at radius 2 is 0.375 bits per heavy atom. The molecule has 0 aliphatic carbocycles. The van der Waals surface area contributed by atoms with E-state index in [0.717, 1.165) is 46.1 Å². The molecule has 4 aromatic rings. The second-order valence-electron chi connectivity index (χ2n) is 17.2. The molecule has 8 heteroatoms. The van der Waals surface area contributed by atoms with Crippen molar-refractivity contribution in [3.63, 3.8) is 0 Å². The number of rotatable bonds is 0. The molecular weight excluding hydrogens is 608 g/mol. The van der Waals surface area contributed by atoms with Crippen LogP contribution in [-0.4, -0.2) is 23.1 Å². The van der Waals surface area contributed by atoms with E-state index < -0.39 is 44.8 Å². The van der Waals surface area contributed by atoms with Gasteiger partial charge in [-0.15, -0.1) is 0 Å². The zero-order valence-corrected chi connectivity index (χ0v) is 31.9. The maximum absolute atomic E-state index is 6.44. The molecule has 6 heterocycles. The molecule has 264 valence electrons. The van der Waals surface area contributed by atoms with Gasteiger partial charge < -0.3 is 36.6 Å². The highest BCUT2D eigenvalue weighted by Gasteiger charge is 2.45. The van der Waals surface area contributed by atoms with Crippen molar-refractivity contribution in [2.24, 2.45) is 0 Å². The van der Waals surface area contributed by atoms with Crippen LogP contribution in [0.4, 0.5) is 0 Å².